The molecule has 10 heteroatoms. The molecule has 0 aromatic heterocycles. The zero-order chi connectivity index (χ0) is 21.8. The number of esters is 1. The first-order chi connectivity index (χ1) is 13.4. The summed E-state index contributed by atoms with van der Waals surface area (Å²) in [5.41, 5.74) is -1.80. The van der Waals surface area contributed by atoms with Crippen LogP contribution in [0.25, 0.3) is 0 Å². The molecule has 2 atom stereocenters. The summed E-state index contributed by atoms with van der Waals surface area (Å²) in [4.78, 5) is 23.6. The van der Waals surface area contributed by atoms with Crippen LogP contribution >= 0.6 is 0 Å². The molecule has 0 saturated carbocycles. The van der Waals surface area contributed by atoms with Gasteiger partial charge < -0.3 is 19.5 Å². The number of ether oxygens (including phenoxy) is 3. The van der Waals surface area contributed by atoms with Crippen LogP contribution in [0.3, 0.4) is 0 Å². The topological polar surface area (TPSA) is 85.9 Å². The van der Waals surface area contributed by atoms with Crippen molar-refractivity contribution in [3.8, 4) is 5.75 Å². The number of hydrogen-bond donors (Lipinski definition) is 2. The van der Waals surface area contributed by atoms with Gasteiger partial charge in [0.05, 0.1) is 24.8 Å². The maximum atomic E-state index is 12.8. The highest BCUT2D eigenvalue weighted by molar-refractivity contribution is 5.86. The number of alkyl halides is 3. The van der Waals surface area contributed by atoms with E-state index in [1.165, 1.54) is 12.1 Å². The first kappa shape index (κ1) is 22.6. The minimum Gasteiger partial charge on any atom is -0.486 e. The number of nitrogens with one attached hydrogen (secondary N) is 2. The SMILES string of the molecule is CCOC(=O)C(C)CC1CNc2cc(NC(=O)OC(C)(C)C(F)(F)F)ccc2O1. The van der Waals surface area contributed by atoms with Crippen LogP contribution in [0.15, 0.2) is 18.2 Å². The molecule has 1 amide bonds. The molecule has 7 nitrogen and oxygen atoms in total. The minimum absolute atomic E-state index is 0.251. The highest BCUT2D eigenvalue weighted by Gasteiger charge is 2.51. The molecule has 2 unspecified atom stereocenters. The predicted molar refractivity (Wildman–Crippen MR) is 100.0 cm³/mol. The number of carbonyl (C=O) groups is 2. The Morgan fingerprint density at radius 3 is 2.66 bits per heavy atom. The molecule has 2 rings (SSSR count). The molecule has 0 aliphatic carbocycles. The van der Waals surface area contributed by atoms with Gasteiger partial charge in [-0.3, -0.25) is 10.1 Å². The number of carbonyl (C=O) groups excluding carboxylic acids is 2. The molecule has 1 heterocycles. The van der Waals surface area contributed by atoms with Crippen LogP contribution in [0.1, 0.15) is 34.1 Å². The van der Waals surface area contributed by atoms with Gasteiger partial charge in [0.25, 0.3) is 0 Å². The number of fused-ring (bicyclic) bond motifs is 1. The van der Waals surface area contributed by atoms with E-state index in [0.29, 0.717) is 31.0 Å². The third kappa shape index (κ3) is 5.91. The summed E-state index contributed by atoms with van der Waals surface area (Å²) >= 11 is 0. The average Bonchev–Trinajstić information content (AvgIpc) is 2.60. The number of hydrogen-bond acceptors (Lipinski definition) is 6. The van der Waals surface area contributed by atoms with Gasteiger partial charge in [-0.1, -0.05) is 6.92 Å². The number of amides is 1. The fourth-order valence-corrected chi connectivity index (χ4v) is 2.63. The second kappa shape index (κ2) is 8.79. The number of rotatable bonds is 6. The fourth-order valence-electron chi connectivity index (χ4n) is 2.63. The Morgan fingerprint density at radius 1 is 1.34 bits per heavy atom. The van der Waals surface area contributed by atoms with Crippen molar-refractivity contribution >= 4 is 23.4 Å². The molecular formula is C19H25F3N2O5. The van der Waals surface area contributed by atoms with Gasteiger partial charge in [-0.2, -0.15) is 13.2 Å². The molecule has 0 radical (unpaired) electrons. The lowest BCUT2D eigenvalue weighted by atomic mass is 10.0. The standard InChI is InChI=1S/C19H25F3N2O5/c1-5-27-16(25)11(2)8-13-10-23-14-9-12(6-7-15(14)28-13)24-17(26)29-18(3,4)19(20,21)22/h6-7,9,11,13,23H,5,8,10H2,1-4H3,(H,24,26). The van der Waals surface area contributed by atoms with Crippen LogP contribution in [-0.4, -0.2) is 43.1 Å². The number of benzene rings is 1. The van der Waals surface area contributed by atoms with E-state index >= 15 is 0 Å². The van der Waals surface area contributed by atoms with Crippen molar-refractivity contribution < 1.29 is 37.0 Å². The zero-order valence-electron chi connectivity index (χ0n) is 16.7. The van der Waals surface area contributed by atoms with Crippen molar-refractivity contribution in [1.82, 2.24) is 0 Å². The molecular weight excluding hydrogens is 393 g/mol. The fraction of sp³-hybridized carbons (Fsp3) is 0.579. The maximum absolute atomic E-state index is 12.8. The molecule has 0 fully saturated rings. The van der Waals surface area contributed by atoms with Gasteiger partial charge in [-0.25, -0.2) is 4.79 Å². The lowest BCUT2D eigenvalue weighted by Crippen LogP contribution is -2.44. The molecule has 1 aliphatic heterocycles. The third-order valence-electron chi connectivity index (χ3n) is 4.38. The van der Waals surface area contributed by atoms with Gasteiger partial charge in [-0.05, 0) is 45.4 Å². The van der Waals surface area contributed by atoms with E-state index in [9.17, 15) is 22.8 Å². The molecule has 1 aliphatic rings. The summed E-state index contributed by atoms with van der Waals surface area (Å²) in [6.45, 7) is 5.78. The maximum Gasteiger partial charge on any atom is 0.427 e. The molecule has 0 saturated heterocycles. The lowest BCUT2D eigenvalue weighted by Gasteiger charge is -2.29. The van der Waals surface area contributed by atoms with Crippen molar-refractivity contribution in [2.45, 2.75) is 52.0 Å². The molecule has 162 valence electrons. The zero-order valence-corrected chi connectivity index (χ0v) is 16.7. The molecule has 2 N–H and O–H groups in total. The van der Waals surface area contributed by atoms with Crippen LogP contribution in [0.5, 0.6) is 5.75 Å². The van der Waals surface area contributed by atoms with Gasteiger partial charge in [0.15, 0.2) is 0 Å². The van der Waals surface area contributed by atoms with Crippen LogP contribution < -0.4 is 15.4 Å². The summed E-state index contributed by atoms with van der Waals surface area (Å²) in [5.74, 6) is -0.107. The van der Waals surface area contributed by atoms with E-state index < -0.39 is 17.9 Å². The summed E-state index contributed by atoms with van der Waals surface area (Å²) in [5, 5.41) is 5.40. The Kier molecular flexibility index (Phi) is 6.86. The van der Waals surface area contributed by atoms with Gasteiger partial charge in [0.1, 0.15) is 11.9 Å². The normalized spacial score (nSPS) is 17.3. The smallest absolute Gasteiger partial charge is 0.427 e. The highest BCUT2D eigenvalue weighted by atomic mass is 19.4. The third-order valence-corrected chi connectivity index (χ3v) is 4.38. The lowest BCUT2D eigenvalue weighted by molar-refractivity contribution is -0.242. The Morgan fingerprint density at radius 2 is 2.03 bits per heavy atom. The van der Waals surface area contributed by atoms with Gasteiger partial charge in [0, 0.05) is 5.69 Å². The molecule has 0 bridgehead atoms. The molecule has 1 aromatic carbocycles. The summed E-state index contributed by atoms with van der Waals surface area (Å²) in [6, 6.07) is 4.59. The van der Waals surface area contributed by atoms with E-state index in [2.05, 4.69) is 15.4 Å². The summed E-state index contributed by atoms with van der Waals surface area (Å²) in [6.07, 6.45) is -5.70. The largest absolute Gasteiger partial charge is 0.486 e. The Balaban J connectivity index is 1.96. The number of anilines is 2. The Hall–Kier alpha value is -2.65. The van der Waals surface area contributed by atoms with Crippen LogP contribution in [-0.2, 0) is 14.3 Å². The van der Waals surface area contributed by atoms with Gasteiger partial charge in [0.2, 0.25) is 5.60 Å². The van der Waals surface area contributed by atoms with E-state index in [4.69, 9.17) is 9.47 Å². The van der Waals surface area contributed by atoms with E-state index in [0.717, 1.165) is 13.8 Å². The van der Waals surface area contributed by atoms with Gasteiger partial charge >= 0.3 is 18.2 Å². The highest BCUT2D eigenvalue weighted by Crippen LogP contribution is 2.35. The van der Waals surface area contributed by atoms with E-state index in [-0.39, 0.29) is 23.7 Å². The van der Waals surface area contributed by atoms with Crippen molar-refractivity contribution in [3.05, 3.63) is 18.2 Å². The molecule has 1 aromatic rings. The first-order valence-electron chi connectivity index (χ1n) is 9.21. The van der Waals surface area contributed by atoms with Gasteiger partial charge in [-0.15, -0.1) is 0 Å². The van der Waals surface area contributed by atoms with Crippen LogP contribution in [0.2, 0.25) is 0 Å². The van der Waals surface area contributed by atoms with E-state index in [1.807, 2.05) is 0 Å². The first-order valence-corrected chi connectivity index (χ1v) is 9.21. The average molecular weight is 418 g/mol. The summed E-state index contributed by atoms with van der Waals surface area (Å²) in [7, 11) is 0. The van der Waals surface area contributed by atoms with Crippen LogP contribution in [0.4, 0.5) is 29.3 Å². The second-order valence-electron chi connectivity index (χ2n) is 7.24. The van der Waals surface area contributed by atoms with Crippen molar-refractivity contribution in [1.29, 1.82) is 0 Å². The predicted octanol–water partition coefficient (Wildman–Crippen LogP) is 4.34. The monoisotopic (exact) mass is 418 g/mol. The molecule has 0 spiro atoms. The van der Waals surface area contributed by atoms with Crippen molar-refractivity contribution in [2.75, 3.05) is 23.8 Å². The minimum atomic E-state index is -4.69. The van der Waals surface area contributed by atoms with Crippen LogP contribution in [0, 0.1) is 5.92 Å². The quantitative estimate of drug-likeness (QED) is 0.669. The second-order valence-corrected chi connectivity index (χ2v) is 7.24. The van der Waals surface area contributed by atoms with Crippen molar-refractivity contribution in [2.24, 2.45) is 5.92 Å². The van der Waals surface area contributed by atoms with Crippen molar-refractivity contribution in [3.63, 3.8) is 0 Å². The van der Waals surface area contributed by atoms with E-state index in [1.54, 1.807) is 19.9 Å². The Labute approximate surface area is 166 Å². The Bertz CT molecular complexity index is 752. The molecule has 29 heavy (non-hydrogen) atoms. The summed E-state index contributed by atoms with van der Waals surface area (Å²) < 4.78 is 53.8. The number of halogens is 3.